The van der Waals surface area contributed by atoms with Gasteiger partial charge in [-0.05, 0) is 41.5 Å². The Morgan fingerprint density at radius 2 is 1.46 bits per heavy atom. The molecule has 140 valence electrons. The van der Waals surface area contributed by atoms with E-state index in [0.29, 0.717) is 0 Å². The Labute approximate surface area is 160 Å². The predicted molar refractivity (Wildman–Crippen MR) is 103 cm³/mol. The SMILES string of the molecule is OC1NN=C2c3c(cccc31)NC(c1ccc(F)cc1)C2c1ccc(F)cc1. The summed E-state index contributed by atoms with van der Waals surface area (Å²) in [6.07, 6.45) is -0.892. The molecule has 3 aromatic carbocycles. The fourth-order valence-corrected chi connectivity index (χ4v) is 4.06. The van der Waals surface area contributed by atoms with E-state index in [-0.39, 0.29) is 23.6 Å². The van der Waals surface area contributed by atoms with E-state index < -0.39 is 6.23 Å². The van der Waals surface area contributed by atoms with Gasteiger partial charge < -0.3 is 10.4 Å². The van der Waals surface area contributed by atoms with Crippen LogP contribution in [0.15, 0.2) is 71.8 Å². The number of hydrogen-bond acceptors (Lipinski definition) is 4. The van der Waals surface area contributed by atoms with Gasteiger partial charge in [-0.25, -0.2) is 8.78 Å². The van der Waals surface area contributed by atoms with Crippen molar-refractivity contribution in [3.63, 3.8) is 0 Å². The van der Waals surface area contributed by atoms with Gasteiger partial charge >= 0.3 is 0 Å². The lowest BCUT2D eigenvalue weighted by Crippen LogP contribution is -2.38. The van der Waals surface area contributed by atoms with Gasteiger partial charge in [-0.15, -0.1) is 0 Å². The molecule has 0 fully saturated rings. The summed E-state index contributed by atoms with van der Waals surface area (Å²) in [5.74, 6) is -0.869. The quantitative estimate of drug-likeness (QED) is 0.627. The molecule has 0 amide bonds. The summed E-state index contributed by atoms with van der Waals surface area (Å²) < 4.78 is 27.0. The number of hydrazone groups is 1. The highest BCUT2D eigenvalue weighted by atomic mass is 19.1. The molecule has 6 heteroatoms. The number of nitrogens with zero attached hydrogens (tertiary/aromatic N) is 1. The number of aliphatic hydroxyl groups excluding tert-OH is 1. The Balaban J connectivity index is 1.71. The minimum absolute atomic E-state index is 0.232. The summed E-state index contributed by atoms with van der Waals surface area (Å²) in [4.78, 5) is 0. The van der Waals surface area contributed by atoms with Crippen molar-refractivity contribution < 1.29 is 13.9 Å². The molecule has 5 rings (SSSR count). The standard InChI is InChI=1S/C22H17F2N3O/c23-14-8-4-12(5-9-14)18-20(13-6-10-15(24)11-7-13)25-17-3-1-2-16-19(17)21(18)26-27-22(16)28/h1-11,18,20,22,25,27-28H. The third kappa shape index (κ3) is 2.65. The Morgan fingerprint density at radius 3 is 2.14 bits per heavy atom. The molecule has 0 aromatic heterocycles. The zero-order chi connectivity index (χ0) is 19.3. The molecule has 0 saturated heterocycles. The fourth-order valence-electron chi connectivity index (χ4n) is 4.06. The third-order valence-electron chi connectivity index (χ3n) is 5.35. The highest BCUT2D eigenvalue weighted by Crippen LogP contribution is 2.45. The second-order valence-electron chi connectivity index (χ2n) is 7.00. The lowest BCUT2D eigenvalue weighted by Gasteiger charge is -2.39. The smallest absolute Gasteiger partial charge is 0.166 e. The van der Waals surface area contributed by atoms with Crippen LogP contribution in [0.25, 0.3) is 0 Å². The van der Waals surface area contributed by atoms with Gasteiger partial charge in [0.2, 0.25) is 0 Å². The molecule has 2 aliphatic heterocycles. The molecule has 3 N–H and O–H groups in total. The Bertz CT molecular complexity index is 1060. The van der Waals surface area contributed by atoms with Crippen LogP contribution in [-0.4, -0.2) is 10.8 Å². The first-order valence-electron chi connectivity index (χ1n) is 9.04. The maximum absolute atomic E-state index is 13.5. The van der Waals surface area contributed by atoms with Crippen molar-refractivity contribution in [2.24, 2.45) is 5.10 Å². The van der Waals surface area contributed by atoms with Gasteiger partial charge in [-0.1, -0.05) is 36.4 Å². The van der Waals surface area contributed by atoms with Gasteiger partial charge in [0.05, 0.1) is 17.7 Å². The average molecular weight is 377 g/mol. The van der Waals surface area contributed by atoms with Crippen LogP contribution in [0.5, 0.6) is 0 Å². The van der Waals surface area contributed by atoms with Crippen LogP contribution in [0.4, 0.5) is 14.5 Å². The van der Waals surface area contributed by atoms with Crippen molar-refractivity contribution in [1.82, 2.24) is 5.43 Å². The Kier molecular flexibility index (Phi) is 3.87. The first kappa shape index (κ1) is 16.9. The zero-order valence-corrected chi connectivity index (χ0v) is 14.7. The van der Waals surface area contributed by atoms with Crippen molar-refractivity contribution in [3.8, 4) is 0 Å². The number of aliphatic hydroxyl groups is 1. The molecule has 0 saturated carbocycles. The van der Waals surface area contributed by atoms with Crippen molar-refractivity contribution in [3.05, 3.63) is 101 Å². The van der Waals surface area contributed by atoms with Crippen LogP contribution >= 0.6 is 0 Å². The molecule has 0 bridgehead atoms. The van der Waals surface area contributed by atoms with E-state index in [9.17, 15) is 13.9 Å². The molecule has 3 atom stereocenters. The van der Waals surface area contributed by atoms with E-state index in [1.807, 2.05) is 18.2 Å². The van der Waals surface area contributed by atoms with Crippen LogP contribution in [0.2, 0.25) is 0 Å². The minimum atomic E-state index is -0.892. The summed E-state index contributed by atoms with van der Waals surface area (Å²) in [6.45, 7) is 0. The molecule has 2 aliphatic rings. The van der Waals surface area contributed by atoms with Crippen LogP contribution < -0.4 is 10.7 Å². The van der Waals surface area contributed by atoms with Crippen molar-refractivity contribution >= 4 is 11.4 Å². The van der Waals surface area contributed by atoms with E-state index in [2.05, 4.69) is 15.8 Å². The van der Waals surface area contributed by atoms with E-state index in [1.54, 1.807) is 24.3 Å². The maximum Gasteiger partial charge on any atom is 0.166 e. The first-order valence-corrected chi connectivity index (χ1v) is 9.04. The van der Waals surface area contributed by atoms with Crippen molar-refractivity contribution in [2.75, 3.05) is 5.32 Å². The summed E-state index contributed by atoms with van der Waals surface area (Å²) in [6, 6.07) is 18.1. The number of nitrogens with one attached hydrogen (secondary N) is 2. The van der Waals surface area contributed by atoms with Gasteiger partial charge in [-0.3, -0.25) is 5.43 Å². The Hall–Kier alpha value is -3.25. The normalized spacial score (nSPS) is 22.5. The number of benzene rings is 3. The molecule has 28 heavy (non-hydrogen) atoms. The van der Waals surface area contributed by atoms with Crippen LogP contribution in [0.1, 0.15) is 40.4 Å². The fraction of sp³-hybridized carbons (Fsp3) is 0.136. The molecule has 3 aromatic rings. The second-order valence-corrected chi connectivity index (χ2v) is 7.00. The van der Waals surface area contributed by atoms with Gasteiger partial charge in [0.15, 0.2) is 6.23 Å². The van der Waals surface area contributed by atoms with Crippen molar-refractivity contribution in [1.29, 1.82) is 0 Å². The first-order chi connectivity index (χ1) is 13.6. The molecule has 2 heterocycles. The van der Waals surface area contributed by atoms with Crippen LogP contribution in [0.3, 0.4) is 0 Å². The molecule has 4 nitrogen and oxygen atoms in total. The van der Waals surface area contributed by atoms with E-state index in [4.69, 9.17) is 0 Å². The van der Waals surface area contributed by atoms with Gasteiger partial charge in [-0.2, -0.15) is 5.10 Å². The predicted octanol–water partition coefficient (Wildman–Crippen LogP) is 4.21. The molecule has 0 radical (unpaired) electrons. The zero-order valence-electron chi connectivity index (χ0n) is 14.7. The van der Waals surface area contributed by atoms with Gasteiger partial charge in [0.1, 0.15) is 11.6 Å². The highest BCUT2D eigenvalue weighted by Gasteiger charge is 2.39. The van der Waals surface area contributed by atoms with E-state index in [0.717, 1.165) is 33.7 Å². The maximum atomic E-state index is 13.5. The Morgan fingerprint density at radius 1 is 0.821 bits per heavy atom. The monoisotopic (exact) mass is 377 g/mol. The van der Waals surface area contributed by atoms with E-state index >= 15 is 0 Å². The van der Waals surface area contributed by atoms with Crippen LogP contribution in [-0.2, 0) is 0 Å². The number of anilines is 1. The van der Waals surface area contributed by atoms with Crippen molar-refractivity contribution in [2.45, 2.75) is 18.2 Å². The number of rotatable bonds is 2. The lowest BCUT2D eigenvalue weighted by atomic mass is 9.76. The van der Waals surface area contributed by atoms with Gasteiger partial charge in [0, 0.05) is 16.8 Å². The molecule has 0 spiro atoms. The number of hydrogen-bond donors (Lipinski definition) is 3. The molecule has 0 aliphatic carbocycles. The summed E-state index contributed by atoms with van der Waals surface area (Å²) in [5, 5.41) is 18.3. The summed E-state index contributed by atoms with van der Waals surface area (Å²) >= 11 is 0. The second kappa shape index (κ2) is 6.42. The molecule has 3 unspecified atom stereocenters. The van der Waals surface area contributed by atoms with Gasteiger partial charge in [0.25, 0.3) is 0 Å². The minimum Gasteiger partial charge on any atom is -0.377 e. The molecular weight excluding hydrogens is 360 g/mol. The largest absolute Gasteiger partial charge is 0.377 e. The number of halogens is 2. The summed E-state index contributed by atoms with van der Waals surface area (Å²) in [7, 11) is 0. The molecular formula is C22H17F2N3O. The lowest BCUT2D eigenvalue weighted by molar-refractivity contribution is 0.138. The average Bonchev–Trinajstić information content (AvgIpc) is 2.71. The topological polar surface area (TPSA) is 56.6 Å². The van der Waals surface area contributed by atoms with E-state index in [1.165, 1.54) is 24.3 Å². The van der Waals surface area contributed by atoms with Crippen LogP contribution in [0, 0.1) is 11.6 Å². The summed E-state index contributed by atoms with van der Waals surface area (Å²) in [5.41, 5.74) is 7.73. The third-order valence-corrected chi connectivity index (χ3v) is 5.35. The highest BCUT2D eigenvalue weighted by molar-refractivity contribution is 6.13.